The van der Waals surface area contributed by atoms with Crippen molar-refractivity contribution in [2.45, 2.75) is 33.4 Å². The second kappa shape index (κ2) is 13.4. The first kappa shape index (κ1) is 30.8. The summed E-state index contributed by atoms with van der Waals surface area (Å²) in [5.74, 6) is -0.201. The molecule has 3 heterocycles. The van der Waals surface area contributed by atoms with Crippen LogP contribution in [-0.2, 0) is 25.6 Å². The van der Waals surface area contributed by atoms with E-state index in [1.807, 2.05) is 103 Å². The number of ether oxygens (including phenoxy) is 3. The first-order valence-electron chi connectivity index (χ1n) is 15.2. The van der Waals surface area contributed by atoms with Gasteiger partial charge in [-0.3, -0.25) is 14.2 Å². The zero-order valence-corrected chi connectivity index (χ0v) is 26.6. The molecule has 234 valence electrons. The molecule has 6 rings (SSSR count). The predicted octanol–water partition coefficient (Wildman–Crippen LogP) is 4.85. The molecule has 46 heavy (non-hydrogen) atoms. The van der Waals surface area contributed by atoms with Crippen LogP contribution in [0.2, 0.25) is 0 Å². The largest absolute Gasteiger partial charge is 0.494 e. The van der Waals surface area contributed by atoms with Crippen LogP contribution in [0.3, 0.4) is 0 Å². The highest BCUT2D eigenvalue weighted by molar-refractivity contribution is 7.07. The van der Waals surface area contributed by atoms with Crippen molar-refractivity contribution >= 4 is 46.0 Å². The molecule has 5 aromatic rings. The molecule has 0 bridgehead atoms. The van der Waals surface area contributed by atoms with Crippen LogP contribution in [0, 0.1) is 0 Å². The smallest absolute Gasteiger partial charge is 0.338 e. The number of para-hydroxylation sites is 1. The molecule has 1 aliphatic rings. The van der Waals surface area contributed by atoms with Crippen molar-refractivity contribution in [3.63, 3.8) is 0 Å². The van der Waals surface area contributed by atoms with Crippen molar-refractivity contribution in [3.8, 4) is 5.75 Å². The quantitative estimate of drug-likeness (QED) is 0.204. The van der Waals surface area contributed by atoms with Gasteiger partial charge in [-0.15, -0.1) is 0 Å². The zero-order chi connectivity index (χ0) is 32.2. The topological polar surface area (TPSA) is 101 Å². The molecule has 1 atom stereocenters. The summed E-state index contributed by atoms with van der Waals surface area (Å²) >= 11 is 1.25. The second-order valence-corrected chi connectivity index (χ2v) is 11.5. The molecular formula is C36H33N3O6S. The van der Waals surface area contributed by atoms with Crippen LogP contribution in [0.4, 0.5) is 0 Å². The summed E-state index contributed by atoms with van der Waals surface area (Å²) in [7, 11) is 0. The molecule has 0 fully saturated rings. The summed E-state index contributed by atoms with van der Waals surface area (Å²) in [6, 6.07) is 23.7. The van der Waals surface area contributed by atoms with Gasteiger partial charge in [0.2, 0.25) is 0 Å². The first-order chi connectivity index (χ1) is 22.4. The Labute approximate surface area is 269 Å². The number of benzene rings is 3. The van der Waals surface area contributed by atoms with E-state index in [9.17, 15) is 14.4 Å². The van der Waals surface area contributed by atoms with Crippen LogP contribution in [-0.4, -0.2) is 40.9 Å². The van der Waals surface area contributed by atoms with Gasteiger partial charge < -0.3 is 18.8 Å². The van der Waals surface area contributed by atoms with Crippen molar-refractivity contribution in [1.29, 1.82) is 0 Å². The molecule has 0 unspecified atom stereocenters. The van der Waals surface area contributed by atoms with Gasteiger partial charge in [0.15, 0.2) is 4.80 Å². The zero-order valence-electron chi connectivity index (χ0n) is 25.8. The average molecular weight is 636 g/mol. The fourth-order valence-corrected chi connectivity index (χ4v) is 6.67. The number of carbonyl (C=O) groups is 2. The standard InChI is InChI=1S/C36H33N3O6S/c1-4-43-26-18-16-24(17-19-26)33-31(35(42)45-6-3)32(23-12-8-7-9-13-23)37-36-39(33)34(41)29(46-36)20-25-21-38(22-30(40)44-5-2)28-15-11-10-14-27(25)28/h7-21,33H,4-6,22H2,1-3H3/b29-20-/t33-/m1/s1. The molecule has 0 spiro atoms. The van der Waals surface area contributed by atoms with Gasteiger partial charge in [-0.2, -0.15) is 0 Å². The van der Waals surface area contributed by atoms with Crippen LogP contribution in [0.5, 0.6) is 5.75 Å². The summed E-state index contributed by atoms with van der Waals surface area (Å²) in [5.41, 5.74) is 3.51. The summed E-state index contributed by atoms with van der Waals surface area (Å²) in [5, 5.41) is 0.887. The minimum atomic E-state index is -0.798. The lowest BCUT2D eigenvalue weighted by Gasteiger charge is -2.26. The van der Waals surface area contributed by atoms with Crippen molar-refractivity contribution < 1.29 is 23.8 Å². The number of hydrogen-bond donors (Lipinski definition) is 0. The lowest BCUT2D eigenvalue weighted by molar-refractivity contribution is -0.143. The first-order valence-corrected chi connectivity index (χ1v) is 16.0. The van der Waals surface area contributed by atoms with Crippen LogP contribution < -0.4 is 19.6 Å². The minimum Gasteiger partial charge on any atom is -0.494 e. The van der Waals surface area contributed by atoms with E-state index >= 15 is 0 Å². The molecule has 0 aliphatic carbocycles. The summed E-state index contributed by atoms with van der Waals surface area (Å²) in [4.78, 5) is 45.8. The summed E-state index contributed by atoms with van der Waals surface area (Å²) < 4.78 is 20.2. The number of thiazole rings is 1. The maximum absolute atomic E-state index is 14.3. The Bertz CT molecular complexity index is 2120. The van der Waals surface area contributed by atoms with Gasteiger partial charge in [0, 0.05) is 28.2 Å². The van der Waals surface area contributed by atoms with Gasteiger partial charge in [-0.1, -0.05) is 72.0 Å². The van der Waals surface area contributed by atoms with Crippen molar-refractivity contribution in [1.82, 2.24) is 9.13 Å². The number of hydrogen-bond acceptors (Lipinski definition) is 8. The second-order valence-electron chi connectivity index (χ2n) is 10.5. The Morgan fingerprint density at radius 3 is 2.33 bits per heavy atom. The number of aromatic nitrogens is 2. The minimum absolute atomic E-state index is 0.0462. The summed E-state index contributed by atoms with van der Waals surface area (Å²) in [6.07, 6.45) is 3.67. The third-order valence-electron chi connectivity index (χ3n) is 7.59. The van der Waals surface area contributed by atoms with Crippen LogP contribution in [0.1, 0.15) is 43.5 Å². The van der Waals surface area contributed by atoms with E-state index in [0.29, 0.717) is 39.6 Å². The molecular weight excluding hydrogens is 602 g/mol. The molecule has 2 aromatic heterocycles. The van der Waals surface area contributed by atoms with Gasteiger partial charge in [-0.05, 0) is 50.6 Å². The Morgan fingerprint density at radius 2 is 1.61 bits per heavy atom. The van der Waals surface area contributed by atoms with Crippen molar-refractivity contribution in [3.05, 3.63) is 127 Å². The van der Waals surface area contributed by atoms with Crippen molar-refractivity contribution in [2.24, 2.45) is 4.99 Å². The van der Waals surface area contributed by atoms with E-state index in [0.717, 1.165) is 22.0 Å². The average Bonchev–Trinajstić information content (AvgIpc) is 3.57. The van der Waals surface area contributed by atoms with Crippen LogP contribution in [0.15, 0.2) is 100 Å². The monoisotopic (exact) mass is 635 g/mol. The molecule has 0 saturated carbocycles. The third kappa shape index (κ3) is 5.91. The number of nitrogens with zero attached hydrogens (tertiary/aromatic N) is 3. The van der Waals surface area contributed by atoms with Gasteiger partial charge in [0.05, 0.1) is 41.7 Å². The SMILES string of the molecule is CCOC(=O)Cn1cc(/C=c2\sc3n(c2=O)[C@H](c2ccc(OCC)cc2)C(C(=O)OCC)=C(c2ccccc2)N=3)c2ccccc21. The van der Waals surface area contributed by atoms with Crippen LogP contribution >= 0.6 is 11.3 Å². The predicted molar refractivity (Wildman–Crippen MR) is 177 cm³/mol. The van der Waals surface area contributed by atoms with Crippen LogP contribution in [0.25, 0.3) is 22.7 Å². The maximum atomic E-state index is 14.3. The third-order valence-corrected chi connectivity index (χ3v) is 8.57. The fourth-order valence-electron chi connectivity index (χ4n) is 5.68. The highest BCUT2D eigenvalue weighted by Gasteiger charge is 2.35. The van der Waals surface area contributed by atoms with Gasteiger partial charge >= 0.3 is 11.9 Å². The molecule has 0 amide bonds. The normalized spacial score (nSPS) is 14.6. The molecule has 0 radical (unpaired) electrons. The molecule has 0 saturated heterocycles. The van der Waals surface area contributed by atoms with E-state index in [4.69, 9.17) is 19.2 Å². The Kier molecular flexibility index (Phi) is 8.98. The maximum Gasteiger partial charge on any atom is 0.338 e. The molecule has 9 nitrogen and oxygen atoms in total. The van der Waals surface area contributed by atoms with Crippen molar-refractivity contribution in [2.75, 3.05) is 19.8 Å². The van der Waals surface area contributed by atoms with E-state index in [-0.39, 0.29) is 30.3 Å². The van der Waals surface area contributed by atoms with Gasteiger partial charge in [-0.25, -0.2) is 9.79 Å². The van der Waals surface area contributed by atoms with Gasteiger partial charge in [0.25, 0.3) is 5.56 Å². The lowest BCUT2D eigenvalue weighted by Crippen LogP contribution is -2.40. The molecule has 10 heteroatoms. The lowest BCUT2D eigenvalue weighted by atomic mass is 9.93. The Hall–Kier alpha value is -5.22. The van der Waals surface area contributed by atoms with E-state index in [1.165, 1.54) is 11.3 Å². The highest BCUT2D eigenvalue weighted by Crippen LogP contribution is 2.35. The highest BCUT2D eigenvalue weighted by atomic mass is 32.1. The molecule has 3 aromatic carbocycles. The molecule has 1 aliphatic heterocycles. The summed E-state index contributed by atoms with van der Waals surface area (Å²) in [6.45, 7) is 6.45. The van der Waals surface area contributed by atoms with E-state index in [2.05, 4.69) is 0 Å². The van der Waals surface area contributed by atoms with E-state index in [1.54, 1.807) is 18.4 Å². The Morgan fingerprint density at radius 1 is 0.891 bits per heavy atom. The molecule has 0 N–H and O–H groups in total. The van der Waals surface area contributed by atoms with Gasteiger partial charge in [0.1, 0.15) is 12.3 Å². The van der Waals surface area contributed by atoms with E-state index < -0.39 is 12.0 Å². The number of rotatable bonds is 10. The number of carbonyl (C=O) groups excluding carboxylic acids is 2. The Balaban J connectivity index is 1.58. The fraction of sp³-hybridized carbons (Fsp3) is 0.222. The number of fused-ring (bicyclic) bond motifs is 2. The number of esters is 2.